The van der Waals surface area contributed by atoms with Crippen LogP contribution in [0.2, 0.25) is 0 Å². The van der Waals surface area contributed by atoms with Gasteiger partial charge in [0.15, 0.2) is 0 Å². The van der Waals surface area contributed by atoms with E-state index in [-0.39, 0.29) is 0 Å². The molecule has 0 aliphatic heterocycles. The third-order valence-electron chi connectivity index (χ3n) is 3.02. The molecule has 3 nitrogen and oxygen atoms in total. The van der Waals surface area contributed by atoms with Crippen molar-refractivity contribution in [3.63, 3.8) is 0 Å². The van der Waals surface area contributed by atoms with Crippen LogP contribution in [-0.2, 0) is 6.54 Å². The van der Waals surface area contributed by atoms with Gasteiger partial charge in [0.1, 0.15) is 6.33 Å². The summed E-state index contributed by atoms with van der Waals surface area (Å²) in [5.74, 6) is 1.22. The van der Waals surface area contributed by atoms with E-state index in [1.54, 1.807) is 6.33 Å². The van der Waals surface area contributed by atoms with E-state index in [0.29, 0.717) is 6.04 Å². The molecule has 1 N–H and O–H groups in total. The van der Waals surface area contributed by atoms with Gasteiger partial charge in [-0.05, 0) is 18.6 Å². The average Bonchev–Trinajstić information content (AvgIpc) is 2.76. The van der Waals surface area contributed by atoms with Crippen LogP contribution in [0.4, 0.5) is 0 Å². The summed E-state index contributed by atoms with van der Waals surface area (Å²) in [6, 6.07) is 0.671. The number of hydrogen-bond acceptors (Lipinski definition) is 4. The molecule has 0 aromatic carbocycles. The molecule has 1 saturated carbocycles. The van der Waals surface area contributed by atoms with Crippen molar-refractivity contribution < 1.29 is 0 Å². The molecule has 2 atom stereocenters. The van der Waals surface area contributed by atoms with E-state index in [0.717, 1.165) is 11.8 Å². The van der Waals surface area contributed by atoms with Crippen LogP contribution in [0.5, 0.6) is 0 Å². The summed E-state index contributed by atoms with van der Waals surface area (Å²) < 4.78 is 0. The van der Waals surface area contributed by atoms with Crippen LogP contribution in [0.15, 0.2) is 18.7 Å². The molecule has 1 aromatic rings. The Balaban J connectivity index is 1.81. The van der Waals surface area contributed by atoms with Crippen molar-refractivity contribution in [2.24, 2.45) is 0 Å². The minimum absolute atomic E-state index is 0.671. The first-order valence-electron chi connectivity index (χ1n) is 5.99. The highest BCUT2D eigenvalue weighted by Gasteiger charge is 2.26. The summed E-state index contributed by atoms with van der Waals surface area (Å²) >= 11 is 2.09. The lowest BCUT2D eigenvalue weighted by atomic mass is 10.2. The lowest BCUT2D eigenvalue weighted by molar-refractivity contribution is 0.531. The minimum Gasteiger partial charge on any atom is -0.309 e. The fourth-order valence-corrected chi connectivity index (χ4v) is 3.47. The molecule has 2 rings (SSSR count). The molecule has 0 radical (unpaired) electrons. The fraction of sp³-hybridized carbons (Fsp3) is 0.667. The Morgan fingerprint density at radius 3 is 2.94 bits per heavy atom. The lowest BCUT2D eigenvalue weighted by Gasteiger charge is -2.19. The van der Waals surface area contributed by atoms with E-state index in [2.05, 4.69) is 34.0 Å². The molecule has 1 heterocycles. The first-order chi connectivity index (χ1) is 7.90. The van der Waals surface area contributed by atoms with Crippen molar-refractivity contribution >= 4 is 11.8 Å². The zero-order chi connectivity index (χ0) is 11.2. The standard InChI is InChI=1S/C12H19N3S/c1-2-16-12-5-3-4-11(12)15-8-10-6-13-9-14-7-10/h6-7,9,11-12,15H,2-5,8H2,1H3. The molecule has 0 saturated heterocycles. The highest BCUT2D eigenvalue weighted by atomic mass is 32.2. The third-order valence-corrected chi connectivity index (χ3v) is 4.34. The van der Waals surface area contributed by atoms with Crippen molar-refractivity contribution in [1.29, 1.82) is 0 Å². The van der Waals surface area contributed by atoms with E-state index < -0.39 is 0 Å². The largest absolute Gasteiger partial charge is 0.309 e. The van der Waals surface area contributed by atoms with Crippen LogP contribution in [0.3, 0.4) is 0 Å². The average molecular weight is 237 g/mol. The highest BCUT2D eigenvalue weighted by Crippen LogP contribution is 2.29. The summed E-state index contributed by atoms with van der Waals surface area (Å²) in [7, 11) is 0. The molecule has 0 spiro atoms. The van der Waals surface area contributed by atoms with E-state index in [4.69, 9.17) is 0 Å². The van der Waals surface area contributed by atoms with Gasteiger partial charge in [0.2, 0.25) is 0 Å². The van der Waals surface area contributed by atoms with Crippen molar-refractivity contribution in [3.8, 4) is 0 Å². The topological polar surface area (TPSA) is 37.8 Å². The molecule has 2 unspecified atom stereocenters. The zero-order valence-corrected chi connectivity index (χ0v) is 10.5. The first-order valence-corrected chi connectivity index (χ1v) is 7.04. The molecule has 1 aliphatic carbocycles. The number of aromatic nitrogens is 2. The molecule has 1 aliphatic rings. The predicted molar refractivity (Wildman–Crippen MR) is 68.4 cm³/mol. The molecule has 0 amide bonds. The van der Waals surface area contributed by atoms with Crippen molar-refractivity contribution in [2.75, 3.05) is 5.75 Å². The number of hydrogen-bond donors (Lipinski definition) is 1. The van der Waals surface area contributed by atoms with E-state index in [1.165, 1.54) is 30.6 Å². The second-order valence-corrected chi connectivity index (χ2v) is 5.67. The van der Waals surface area contributed by atoms with Crippen LogP contribution in [0.1, 0.15) is 31.7 Å². The van der Waals surface area contributed by atoms with Crippen molar-refractivity contribution in [1.82, 2.24) is 15.3 Å². The monoisotopic (exact) mass is 237 g/mol. The van der Waals surface area contributed by atoms with E-state index in [1.807, 2.05) is 12.4 Å². The van der Waals surface area contributed by atoms with Gasteiger partial charge in [0.25, 0.3) is 0 Å². The van der Waals surface area contributed by atoms with Gasteiger partial charge in [-0.2, -0.15) is 11.8 Å². The smallest absolute Gasteiger partial charge is 0.115 e. The SMILES string of the molecule is CCSC1CCCC1NCc1cncnc1. The Morgan fingerprint density at radius 2 is 2.19 bits per heavy atom. The molecule has 1 fully saturated rings. The van der Waals surface area contributed by atoms with Gasteiger partial charge in [-0.3, -0.25) is 0 Å². The zero-order valence-electron chi connectivity index (χ0n) is 9.72. The minimum atomic E-state index is 0.671. The summed E-state index contributed by atoms with van der Waals surface area (Å²) in [4.78, 5) is 8.06. The fourth-order valence-electron chi connectivity index (χ4n) is 2.24. The summed E-state index contributed by atoms with van der Waals surface area (Å²) in [6.45, 7) is 3.14. The van der Waals surface area contributed by atoms with Gasteiger partial charge < -0.3 is 5.32 Å². The molecule has 1 aromatic heterocycles. The number of thioether (sulfide) groups is 1. The lowest BCUT2D eigenvalue weighted by Crippen LogP contribution is -2.33. The van der Waals surface area contributed by atoms with Crippen LogP contribution >= 0.6 is 11.8 Å². The Bertz CT molecular complexity index is 304. The van der Waals surface area contributed by atoms with Gasteiger partial charge in [-0.1, -0.05) is 13.3 Å². The second-order valence-electron chi connectivity index (χ2n) is 4.16. The Morgan fingerprint density at radius 1 is 1.38 bits per heavy atom. The molecular weight excluding hydrogens is 218 g/mol. The Hall–Kier alpha value is -0.610. The number of rotatable bonds is 5. The second kappa shape index (κ2) is 6.21. The Labute approximate surface area is 101 Å². The maximum atomic E-state index is 4.03. The van der Waals surface area contributed by atoms with Crippen LogP contribution < -0.4 is 5.32 Å². The predicted octanol–water partition coefficient (Wildman–Crippen LogP) is 2.24. The summed E-state index contributed by atoms with van der Waals surface area (Å²) in [5, 5.41) is 4.43. The number of nitrogens with one attached hydrogen (secondary N) is 1. The summed E-state index contributed by atoms with van der Waals surface area (Å²) in [6.07, 6.45) is 9.39. The van der Waals surface area contributed by atoms with Crippen LogP contribution in [0.25, 0.3) is 0 Å². The quantitative estimate of drug-likeness (QED) is 0.852. The number of nitrogens with zero attached hydrogens (tertiary/aromatic N) is 2. The molecule has 4 heteroatoms. The molecule has 16 heavy (non-hydrogen) atoms. The van der Waals surface area contributed by atoms with E-state index >= 15 is 0 Å². The van der Waals surface area contributed by atoms with Crippen LogP contribution in [0, 0.1) is 0 Å². The Kier molecular flexibility index (Phi) is 4.60. The maximum absolute atomic E-state index is 4.03. The normalized spacial score (nSPS) is 24.8. The molecule has 88 valence electrons. The third kappa shape index (κ3) is 3.19. The maximum Gasteiger partial charge on any atom is 0.115 e. The molecular formula is C12H19N3S. The molecule has 0 bridgehead atoms. The highest BCUT2D eigenvalue weighted by molar-refractivity contribution is 7.99. The van der Waals surface area contributed by atoms with Gasteiger partial charge in [0.05, 0.1) is 0 Å². The summed E-state index contributed by atoms with van der Waals surface area (Å²) in [5.41, 5.74) is 1.18. The van der Waals surface area contributed by atoms with Gasteiger partial charge in [-0.25, -0.2) is 9.97 Å². The van der Waals surface area contributed by atoms with Gasteiger partial charge >= 0.3 is 0 Å². The first kappa shape index (κ1) is 11.9. The van der Waals surface area contributed by atoms with Crippen molar-refractivity contribution in [2.45, 2.75) is 44.0 Å². The van der Waals surface area contributed by atoms with E-state index in [9.17, 15) is 0 Å². The van der Waals surface area contributed by atoms with Crippen molar-refractivity contribution in [3.05, 3.63) is 24.3 Å². The van der Waals surface area contributed by atoms with Gasteiger partial charge in [-0.15, -0.1) is 0 Å². The van der Waals surface area contributed by atoms with Crippen LogP contribution in [-0.4, -0.2) is 27.0 Å². The van der Waals surface area contributed by atoms with Gasteiger partial charge in [0, 0.05) is 35.8 Å².